The van der Waals surface area contributed by atoms with E-state index in [2.05, 4.69) is 27.2 Å². The fourth-order valence-corrected chi connectivity index (χ4v) is 1.50. The van der Waals surface area contributed by atoms with Gasteiger partial charge in [0.1, 0.15) is 0 Å². The van der Waals surface area contributed by atoms with Crippen LogP contribution in [0.3, 0.4) is 0 Å². The van der Waals surface area contributed by atoms with E-state index in [0.29, 0.717) is 5.95 Å². The van der Waals surface area contributed by atoms with Gasteiger partial charge in [0.05, 0.1) is 11.7 Å². The van der Waals surface area contributed by atoms with Crippen molar-refractivity contribution in [1.29, 1.82) is 0 Å². The van der Waals surface area contributed by atoms with E-state index in [4.69, 9.17) is 0 Å². The summed E-state index contributed by atoms with van der Waals surface area (Å²) >= 11 is 0. The molecule has 0 spiro atoms. The Morgan fingerprint density at radius 2 is 1.81 bits per heavy atom. The molecular weight excluding hydrogens is 200 g/mol. The van der Waals surface area contributed by atoms with E-state index >= 15 is 0 Å². The first kappa shape index (κ1) is 10.5. The number of pyridine rings is 1. The number of rotatable bonds is 4. The van der Waals surface area contributed by atoms with Crippen LogP contribution >= 0.6 is 0 Å². The maximum atomic E-state index is 4.33. The van der Waals surface area contributed by atoms with E-state index in [1.165, 1.54) is 0 Å². The Hall–Kier alpha value is -1.97. The highest BCUT2D eigenvalue weighted by Crippen LogP contribution is 2.17. The second-order valence-electron chi connectivity index (χ2n) is 3.43. The lowest BCUT2D eigenvalue weighted by molar-refractivity contribution is 0.714. The van der Waals surface area contributed by atoms with Crippen molar-refractivity contribution in [3.63, 3.8) is 0 Å². The fraction of sp³-hybridized carbons (Fsp3) is 0.250. The molecule has 0 bridgehead atoms. The Balaban J connectivity index is 2.13. The summed E-state index contributed by atoms with van der Waals surface area (Å²) in [6.45, 7) is 2.11. The third-order valence-corrected chi connectivity index (χ3v) is 2.32. The molecule has 0 saturated carbocycles. The zero-order valence-corrected chi connectivity index (χ0v) is 9.17. The number of hydrogen-bond acceptors (Lipinski definition) is 4. The normalized spacial score (nSPS) is 12.1. The van der Waals surface area contributed by atoms with E-state index in [0.717, 1.165) is 12.1 Å². The molecule has 0 amide bonds. The van der Waals surface area contributed by atoms with Crippen molar-refractivity contribution >= 4 is 5.95 Å². The molecule has 0 fully saturated rings. The van der Waals surface area contributed by atoms with Crippen molar-refractivity contribution in [2.45, 2.75) is 19.4 Å². The minimum absolute atomic E-state index is 0.156. The molecule has 0 aliphatic heterocycles. The van der Waals surface area contributed by atoms with Gasteiger partial charge in [0.2, 0.25) is 5.95 Å². The third kappa shape index (κ3) is 2.53. The summed E-state index contributed by atoms with van der Waals surface area (Å²) in [6.07, 6.45) is 6.18. The molecule has 1 atom stereocenters. The minimum atomic E-state index is 0.156. The Morgan fingerprint density at radius 1 is 1.06 bits per heavy atom. The smallest absolute Gasteiger partial charge is 0.223 e. The van der Waals surface area contributed by atoms with Crippen molar-refractivity contribution in [1.82, 2.24) is 15.0 Å². The van der Waals surface area contributed by atoms with Crippen molar-refractivity contribution in [3.8, 4) is 0 Å². The second-order valence-corrected chi connectivity index (χ2v) is 3.43. The molecule has 4 nitrogen and oxygen atoms in total. The fourth-order valence-electron chi connectivity index (χ4n) is 1.50. The summed E-state index contributed by atoms with van der Waals surface area (Å²) in [6, 6.07) is 7.86. The molecular formula is C12H14N4. The molecule has 2 aromatic rings. The first-order valence-corrected chi connectivity index (χ1v) is 5.34. The number of anilines is 1. The molecule has 1 N–H and O–H groups in total. The van der Waals surface area contributed by atoms with Gasteiger partial charge >= 0.3 is 0 Å². The van der Waals surface area contributed by atoms with Gasteiger partial charge in [-0.2, -0.15) is 0 Å². The molecule has 4 heteroatoms. The van der Waals surface area contributed by atoms with E-state index in [1.54, 1.807) is 24.7 Å². The van der Waals surface area contributed by atoms with Crippen molar-refractivity contribution < 1.29 is 0 Å². The Labute approximate surface area is 94.8 Å². The zero-order valence-electron chi connectivity index (χ0n) is 9.17. The van der Waals surface area contributed by atoms with E-state index < -0.39 is 0 Å². The maximum Gasteiger partial charge on any atom is 0.223 e. The average Bonchev–Trinajstić information content (AvgIpc) is 2.38. The highest BCUT2D eigenvalue weighted by atomic mass is 15.1. The standard InChI is InChI=1S/C12H14N4/c1-2-10(11-6-3-4-7-13-11)16-12-14-8-5-9-15-12/h3-10H,2H2,1H3,(H,14,15,16). The zero-order chi connectivity index (χ0) is 11.2. The molecule has 0 radical (unpaired) electrons. The minimum Gasteiger partial charge on any atom is -0.346 e. The van der Waals surface area contributed by atoms with Crippen molar-refractivity contribution in [2.75, 3.05) is 5.32 Å². The van der Waals surface area contributed by atoms with Gasteiger partial charge in [0, 0.05) is 18.6 Å². The first-order valence-electron chi connectivity index (χ1n) is 5.34. The highest BCUT2D eigenvalue weighted by molar-refractivity contribution is 5.28. The Bertz CT molecular complexity index is 416. The number of nitrogens with zero attached hydrogens (tertiary/aromatic N) is 3. The molecule has 2 aromatic heterocycles. The molecule has 16 heavy (non-hydrogen) atoms. The SMILES string of the molecule is CCC(Nc1ncccn1)c1ccccn1. The van der Waals surface area contributed by atoms with Gasteiger partial charge in [0.15, 0.2) is 0 Å². The van der Waals surface area contributed by atoms with Gasteiger partial charge in [-0.05, 0) is 24.6 Å². The first-order chi connectivity index (χ1) is 7.90. The van der Waals surface area contributed by atoms with E-state index in [-0.39, 0.29) is 6.04 Å². The molecule has 0 aromatic carbocycles. The largest absolute Gasteiger partial charge is 0.346 e. The van der Waals surface area contributed by atoms with E-state index in [9.17, 15) is 0 Å². The lowest BCUT2D eigenvalue weighted by Gasteiger charge is -2.15. The molecule has 1 unspecified atom stereocenters. The Kier molecular flexibility index (Phi) is 3.43. The van der Waals surface area contributed by atoms with Crippen LogP contribution in [0.25, 0.3) is 0 Å². The number of hydrogen-bond donors (Lipinski definition) is 1. The lowest BCUT2D eigenvalue weighted by Crippen LogP contribution is -2.12. The second kappa shape index (κ2) is 5.21. The lowest BCUT2D eigenvalue weighted by atomic mass is 10.1. The number of aromatic nitrogens is 3. The third-order valence-electron chi connectivity index (χ3n) is 2.32. The van der Waals surface area contributed by atoms with Crippen molar-refractivity contribution in [3.05, 3.63) is 48.5 Å². The van der Waals surface area contributed by atoms with Gasteiger partial charge < -0.3 is 5.32 Å². The van der Waals surface area contributed by atoms with Crippen LogP contribution in [-0.4, -0.2) is 15.0 Å². The summed E-state index contributed by atoms with van der Waals surface area (Å²) in [4.78, 5) is 12.6. The summed E-state index contributed by atoms with van der Waals surface area (Å²) in [5.41, 5.74) is 1.01. The van der Waals surface area contributed by atoms with Crippen LogP contribution in [0, 0.1) is 0 Å². The van der Waals surface area contributed by atoms with Crippen LogP contribution in [0.5, 0.6) is 0 Å². The summed E-state index contributed by atoms with van der Waals surface area (Å²) in [5.74, 6) is 0.639. The molecule has 0 saturated heterocycles. The van der Waals surface area contributed by atoms with Crippen LogP contribution < -0.4 is 5.32 Å². The topological polar surface area (TPSA) is 50.7 Å². The van der Waals surface area contributed by atoms with Gasteiger partial charge in [0.25, 0.3) is 0 Å². The van der Waals surface area contributed by atoms with Crippen LogP contribution in [0.15, 0.2) is 42.9 Å². The van der Waals surface area contributed by atoms with Crippen LogP contribution in [0.4, 0.5) is 5.95 Å². The van der Waals surface area contributed by atoms with Crippen LogP contribution in [0.2, 0.25) is 0 Å². The number of nitrogens with one attached hydrogen (secondary N) is 1. The summed E-state index contributed by atoms with van der Waals surface area (Å²) in [7, 11) is 0. The highest BCUT2D eigenvalue weighted by Gasteiger charge is 2.10. The predicted molar refractivity (Wildman–Crippen MR) is 62.9 cm³/mol. The molecule has 0 aliphatic carbocycles. The summed E-state index contributed by atoms with van der Waals surface area (Å²) in [5, 5.41) is 3.26. The van der Waals surface area contributed by atoms with Crippen molar-refractivity contribution in [2.24, 2.45) is 0 Å². The van der Waals surface area contributed by atoms with Gasteiger partial charge in [-0.1, -0.05) is 13.0 Å². The van der Waals surface area contributed by atoms with Crippen LogP contribution in [0.1, 0.15) is 25.1 Å². The average molecular weight is 214 g/mol. The monoisotopic (exact) mass is 214 g/mol. The molecule has 0 aliphatic rings. The molecule has 2 heterocycles. The molecule has 2 rings (SSSR count). The van der Waals surface area contributed by atoms with Gasteiger partial charge in [-0.3, -0.25) is 4.98 Å². The molecule has 82 valence electrons. The van der Waals surface area contributed by atoms with Gasteiger partial charge in [-0.25, -0.2) is 9.97 Å². The van der Waals surface area contributed by atoms with Gasteiger partial charge in [-0.15, -0.1) is 0 Å². The maximum absolute atomic E-state index is 4.33. The van der Waals surface area contributed by atoms with E-state index in [1.807, 2.05) is 18.2 Å². The summed E-state index contributed by atoms with van der Waals surface area (Å²) < 4.78 is 0. The van der Waals surface area contributed by atoms with Crippen LogP contribution in [-0.2, 0) is 0 Å². The predicted octanol–water partition coefficient (Wildman–Crippen LogP) is 2.43. The quantitative estimate of drug-likeness (QED) is 0.849. The Morgan fingerprint density at radius 3 is 2.44 bits per heavy atom.